The largest absolute Gasteiger partial charge is 0.411 e. The average molecular weight is 469 g/mol. The minimum Gasteiger partial charge on any atom is -0.411 e. The fourth-order valence-corrected chi connectivity index (χ4v) is 5.28. The van der Waals surface area contributed by atoms with E-state index < -0.39 is 6.10 Å². The van der Waals surface area contributed by atoms with Crippen LogP contribution < -0.4 is 0 Å². The Balaban J connectivity index is 1.65. The molecule has 5 nitrogen and oxygen atoms in total. The highest BCUT2D eigenvalue weighted by atomic mass is 32.1. The number of fused-ring (bicyclic) bond motifs is 3. The van der Waals surface area contributed by atoms with Crippen molar-refractivity contribution < 1.29 is 15.1 Å². The third-order valence-corrected chi connectivity index (χ3v) is 7.18. The fraction of sp³-hybridized carbons (Fsp3) is 0.143. The van der Waals surface area contributed by atoms with Gasteiger partial charge in [-0.2, -0.15) is 0 Å². The molecule has 2 aromatic heterocycles. The van der Waals surface area contributed by atoms with Crippen LogP contribution in [0.1, 0.15) is 45.0 Å². The number of aryl methyl sites for hydroxylation is 2. The van der Waals surface area contributed by atoms with Crippen LogP contribution in [0.15, 0.2) is 83.3 Å². The van der Waals surface area contributed by atoms with E-state index in [1.54, 1.807) is 0 Å². The molecule has 6 heteroatoms. The first kappa shape index (κ1) is 22.1. The molecule has 5 rings (SSSR count). The number of aliphatic hydroxyl groups excluding tert-OH is 1. The van der Waals surface area contributed by atoms with Crippen LogP contribution >= 0.6 is 11.3 Å². The van der Waals surface area contributed by atoms with Gasteiger partial charge in [-0.05, 0) is 66.8 Å². The Kier molecular flexibility index (Phi) is 5.77. The zero-order valence-corrected chi connectivity index (χ0v) is 19.7. The highest BCUT2D eigenvalue weighted by Crippen LogP contribution is 2.33. The molecule has 170 valence electrons. The summed E-state index contributed by atoms with van der Waals surface area (Å²) in [6, 6.07) is 22.8. The van der Waals surface area contributed by atoms with Crippen molar-refractivity contribution in [2.24, 2.45) is 5.16 Å². The Morgan fingerprint density at radius 2 is 1.74 bits per heavy atom. The Hall–Kier alpha value is -3.74. The molecule has 0 saturated carbocycles. The maximum Gasteiger partial charge on any atom is 0.202 e. The van der Waals surface area contributed by atoms with Crippen molar-refractivity contribution in [3.63, 3.8) is 0 Å². The van der Waals surface area contributed by atoms with E-state index in [1.165, 1.54) is 11.3 Å². The second kappa shape index (κ2) is 8.89. The van der Waals surface area contributed by atoms with Crippen molar-refractivity contribution in [2.75, 3.05) is 0 Å². The van der Waals surface area contributed by atoms with Crippen molar-refractivity contribution in [2.45, 2.75) is 26.5 Å². The van der Waals surface area contributed by atoms with Crippen molar-refractivity contribution in [3.05, 3.63) is 105 Å². The van der Waals surface area contributed by atoms with E-state index in [0.29, 0.717) is 21.6 Å². The summed E-state index contributed by atoms with van der Waals surface area (Å²) in [5.41, 5.74) is 5.11. The van der Waals surface area contributed by atoms with Gasteiger partial charge in [0.15, 0.2) is 0 Å². The third-order valence-electron chi connectivity index (χ3n) is 6.32. The Morgan fingerprint density at radius 1 is 1.00 bits per heavy atom. The SMILES string of the molecule is CCn1c2ccc(C(=O)c3cccs3)cc2c2cc(C(O)/C(=N/O)c3ccccc3C)ccc21. The van der Waals surface area contributed by atoms with Gasteiger partial charge in [-0.15, -0.1) is 11.3 Å². The normalized spacial score (nSPS) is 13.0. The monoisotopic (exact) mass is 468 g/mol. The summed E-state index contributed by atoms with van der Waals surface area (Å²) in [5, 5.41) is 28.1. The number of aromatic nitrogens is 1. The first-order chi connectivity index (χ1) is 16.5. The van der Waals surface area contributed by atoms with Gasteiger partial charge in [0.05, 0.1) is 4.88 Å². The zero-order valence-electron chi connectivity index (χ0n) is 18.9. The number of hydrogen-bond donors (Lipinski definition) is 2. The Labute approximate surface area is 201 Å². The zero-order chi connectivity index (χ0) is 23.8. The van der Waals surface area contributed by atoms with Gasteiger partial charge in [-0.25, -0.2) is 0 Å². The molecule has 0 radical (unpaired) electrons. The third kappa shape index (κ3) is 3.61. The quantitative estimate of drug-likeness (QED) is 0.132. The van der Waals surface area contributed by atoms with Crippen LogP contribution in [0, 0.1) is 6.92 Å². The lowest BCUT2D eigenvalue weighted by Crippen LogP contribution is -2.15. The molecule has 34 heavy (non-hydrogen) atoms. The number of rotatable bonds is 6. The maximum absolute atomic E-state index is 13.0. The molecule has 0 fully saturated rings. The first-order valence-corrected chi connectivity index (χ1v) is 12.0. The lowest BCUT2D eigenvalue weighted by molar-refractivity contribution is 0.104. The maximum atomic E-state index is 13.0. The van der Waals surface area contributed by atoms with Gasteiger partial charge in [-0.3, -0.25) is 4.79 Å². The van der Waals surface area contributed by atoms with E-state index in [0.717, 1.165) is 33.9 Å². The molecule has 0 bridgehead atoms. The topological polar surface area (TPSA) is 74.8 Å². The summed E-state index contributed by atoms with van der Waals surface area (Å²) in [6.45, 7) is 4.77. The number of benzene rings is 3. The van der Waals surface area contributed by atoms with Gasteiger partial charge >= 0.3 is 0 Å². The Bertz CT molecular complexity index is 1550. The molecular formula is C28H24N2O3S. The van der Waals surface area contributed by atoms with Crippen molar-refractivity contribution in [3.8, 4) is 0 Å². The summed E-state index contributed by atoms with van der Waals surface area (Å²) in [6.07, 6.45) is -1.11. The standard InChI is InChI=1S/C28H24N2O3S/c1-3-30-23-12-10-18(27(31)25-9-6-14-34-25)15-21(23)22-16-19(11-13-24(22)30)28(32)26(29-33)20-8-5-4-7-17(20)2/h4-16,28,32-33H,3H2,1-2H3/b29-26+. The van der Waals surface area contributed by atoms with Gasteiger partial charge in [0.1, 0.15) is 11.8 Å². The number of oxime groups is 1. The van der Waals surface area contributed by atoms with Gasteiger partial charge in [0.25, 0.3) is 0 Å². The fourth-order valence-electron chi connectivity index (χ4n) is 4.60. The highest BCUT2D eigenvalue weighted by Gasteiger charge is 2.22. The molecule has 0 saturated heterocycles. The van der Waals surface area contributed by atoms with E-state index in [9.17, 15) is 15.1 Å². The molecule has 0 aliphatic heterocycles. The van der Waals surface area contributed by atoms with Crippen molar-refractivity contribution >= 4 is 44.6 Å². The minimum absolute atomic E-state index is 0.000240. The molecule has 2 heterocycles. The van der Waals surface area contributed by atoms with E-state index in [1.807, 2.05) is 85.1 Å². The second-order valence-corrected chi connectivity index (χ2v) is 9.21. The van der Waals surface area contributed by atoms with Crippen molar-refractivity contribution in [1.29, 1.82) is 0 Å². The van der Waals surface area contributed by atoms with Crippen LogP contribution in [0.3, 0.4) is 0 Å². The van der Waals surface area contributed by atoms with Gasteiger partial charge in [0, 0.05) is 39.5 Å². The van der Waals surface area contributed by atoms with Crippen LogP contribution in [-0.4, -0.2) is 26.4 Å². The van der Waals surface area contributed by atoms with Crippen molar-refractivity contribution in [1.82, 2.24) is 4.57 Å². The summed E-state index contributed by atoms with van der Waals surface area (Å²) < 4.78 is 2.20. The number of nitrogens with zero attached hydrogens (tertiary/aromatic N) is 2. The molecule has 0 aliphatic carbocycles. The second-order valence-electron chi connectivity index (χ2n) is 8.26. The highest BCUT2D eigenvalue weighted by molar-refractivity contribution is 7.12. The molecule has 0 aliphatic rings. The van der Waals surface area contributed by atoms with Crippen LogP contribution in [0.25, 0.3) is 21.8 Å². The van der Waals surface area contributed by atoms with E-state index in [2.05, 4.69) is 16.6 Å². The molecule has 3 aromatic carbocycles. The average Bonchev–Trinajstić information content (AvgIpc) is 3.51. The van der Waals surface area contributed by atoms with E-state index >= 15 is 0 Å². The van der Waals surface area contributed by atoms with Gasteiger partial charge < -0.3 is 14.9 Å². The first-order valence-electron chi connectivity index (χ1n) is 11.1. The van der Waals surface area contributed by atoms with Gasteiger partial charge in [0.2, 0.25) is 5.78 Å². The summed E-state index contributed by atoms with van der Waals surface area (Å²) in [4.78, 5) is 13.7. The Morgan fingerprint density at radius 3 is 2.41 bits per heavy atom. The van der Waals surface area contributed by atoms with Crippen LogP contribution in [0.2, 0.25) is 0 Å². The van der Waals surface area contributed by atoms with E-state index in [4.69, 9.17) is 0 Å². The van der Waals surface area contributed by atoms with E-state index in [-0.39, 0.29) is 11.5 Å². The smallest absolute Gasteiger partial charge is 0.202 e. The minimum atomic E-state index is -1.11. The molecule has 5 aromatic rings. The predicted molar refractivity (Wildman–Crippen MR) is 137 cm³/mol. The summed E-state index contributed by atoms with van der Waals surface area (Å²) >= 11 is 1.43. The van der Waals surface area contributed by atoms with Crippen LogP contribution in [-0.2, 0) is 6.54 Å². The molecule has 0 spiro atoms. The number of carbonyl (C=O) groups excluding carboxylic acids is 1. The molecular weight excluding hydrogens is 444 g/mol. The number of aliphatic hydroxyl groups is 1. The number of carbonyl (C=O) groups is 1. The van der Waals surface area contributed by atoms with Crippen LogP contribution in [0.5, 0.6) is 0 Å². The number of hydrogen-bond acceptors (Lipinski definition) is 5. The number of thiophene rings is 1. The van der Waals surface area contributed by atoms with Gasteiger partial charge in [-0.1, -0.05) is 41.6 Å². The number of ketones is 1. The predicted octanol–water partition coefficient (Wildman–Crippen LogP) is 6.33. The molecule has 1 atom stereocenters. The molecule has 0 amide bonds. The molecule has 2 N–H and O–H groups in total. The summed E-state index contributed by atoms with van der Waals surface area (Å²) in [5.74, 6) is -0.000240. The summed E-state index contributed by atoms with van der Waals surface area (Å²) in [7, 11) is 0. The lowest BCUT2D eigenvalue weighted by atomic mass is 9.95. The lowest BCUT2D eigenvalue weighted by Gasteiger charge is -2.15. The van der Waals surface area contributed by atoms with Crippen LogP contribution in [0.4, 0.5) is 0 Å². The molecule has 1 unspecified atom stereocenters.